The van der Waals surface area contributed by atoms with Crippen LogP contribution in [0, 0.1) is 0 Å². The first-order chi connectivity index (χ1) is 11.8. The Morgan fingerprint density at radius 3 is 2.21 bits per heavy atom. The highest BCUT2D eigenvalue weighted by Gasteiger charge is 2.22. The first-order valence-electron chi connectivity index (χ1n) is 10.4. The topological polar surface area (TPSA) is 41.6 Å². The quantitative estimate of drug-likeness (QED) is 0.310. The summed E-state index contributed by atoms with van der Waals surface area (Å²) in [4.78, 5) is 6.84. The minimum Gasteiger partial charge on any atom is -0.316 e. The smallest absolute Gasteiger partial charge is 0.103 e. The number of hydrogen-bond donors (Lipinski definition) is 1. The number of allylic oxidation sites excluding steroid dienone is 2. The summed E-state index contributed by atoms with van der Waals surface area (Å²) in [5, 5.41) is 0. The molecule has 0 bridgehead atoms. The second-order valence-electron chi connectivity index (χ2n) is 7.27. The van der Waals surface area contributed by atoms with Crippen LogP contribution in [-0.4, -0.2) is 30.0 Å². The van der Waals surface area contributed by atoms with Crippen molar-refractivity contribution in [1.29, 1.82) is 0 Å². The number of nitrogens with zero attached hydrogens (tertiary/aromatic N) is 2. The van der Waals surface area contributed by atoms with E-state index in [1.807, 2.05) is 6.21 Å². The van der Waals surface area contributed by atoms with Crippen LogP contribution in [0.1, 0.15) is 97.3 Å². The van der Waals surface area contributed by atoms with E-state index in [9.17, 15) is 0 Å². The van der Waals surface area contributed by atoms with E-state index < -0.39 is 0 Å². The Kier molecular flexibility index (Phi) is 13.1. The molecule has 0 aromatic rings. The first-order valence-corrected chi connectivity index (χ1v) is 10.4. The van der Waals surface area contributed by atoms with Gasteiger partial charge in [0.15, 0.2) is 0 Å². The maximum Gasteiger partial charge on any atom is 0.103 e. The lowest BCUT2D eigenvalue weighted by atomic mass is 10.0. The monoisotopic (exact) mass is 335 g/mol. The van der Waals surface area contributed by atoms with Crippen molar-refractivity contribution in [3.63, 3.8) is 0 Å². The largest absolute Gasteiger partial charge is 0.316 e. The van der Waals surface area contributed by atoms with Crippen LogP contribution in [0.5, 0.6) is 0 Å². The van der Waals surface area contributed by atoms with Gasteiger partial charge in [-0.1, -0.05) is 70.4 Å². The van der Waals surface area contributed by atoms with Gasteiger partial charge in [0, 0.05) is 12.8 Å². The van der Waals surface area contributed by atoms with E-state index in [1.54, 1.807) is 0 Å². The van der Waals surface area contributed by atoms with Gasteiger partial charge < -0.3 is 5.73 Å². The van der Waals surface area contributed by atoms with E-state index in [4.69, 9.17) is 5.73 Å². The summed E-state index contributed by atoms with van der Waals surface area (Å²) in [6.07, 6.45) is 24.6. The molecule has 140 valence electrons. The van der Waals surface area contributed by atoms with Crippen LogP contribution in [0.15, 0.2) is 17.1 Å². The third-order valence-electron chi connectivity index (χ3n) is 4.93. The van der Waals surface area contributed by atoms with E-state index in [2.05, 4.69) is 35.9 Å². The van der Waals surface area contributed by atoms with Gasteiger partial charge in [-0.15, -0.1) is 0 Å². The van der Waals surface area contributed by atoms with Gasteiger partial charge in [0.05, 0.1) is 6.17 Å². The zero-order valence-electron chi connectivity index (χ0n) is 16.3. The van der Waals surface area contributed by atoms with Crippen molar-refractivity contribution in [2.45, 2.75) is 110 Å². The predicted molar refractivity (Wildman–Crippen MR) is 107 cm³/mol. The van der Waals surface area contributed by atoms with Crippen molar-refractivity contribution in [3.8, 4) is 0 Å². The molecule has 24 heavy (non-hydrogen) atoms. The summed E-state index contributed by atoms with van der Waals surface area (Å²) in [5.41, 5.74) is 5.98. The van der Waals surface area contributed by atoms with Crippen LogP contribution in [0.2, 0.25) is 0 Å². The number of aliphatic imine (C=N–C) groups is 1. The molecule has 0 radical (unpaired) electrons. The fourth-order valence-corrected chi connectivity index (χ4v) is 3.38. The second-order valence-corrected chi connectivity index (χ2v) is 7.27. The van der Waals surface area contributed by atoms with Crippen molar-refractivity contribution in [1.82, 2.24) is 4.90 Å². The van der Waals surface area contributed by atoms with E-state index in [0.717, 1.165) is 6.54 Å². The maximum absolute atomic E-state index is 5.98. The molecule has 1 aliphatic rings. The SMILES string of the molecule is CCC/C=C/CCCCCCCCCCCC1N=CCN1C(C)N. The van der Waals surface area contributed by atoms with Gasteiger partial charge in [-0.25, -0.2) is 0 Å². The molecule has 3 nitrogen and oxygen atoms in total. The Morgan fingerprint density at radius 1 is 1.00 bits per heavy atom. The van der Waals surface area contributed by atoms with E-state index in [0.29, 0.717) is 6.17 Å². The zero-order valence-corrected chi connectivity index (χ0v) is 16.3. The molecule has 1 aliphatic heterocycles. The molecule has 0 aromatic carbocycles. The lowest BCUT2D eigenvalue weighted by molar-refractivity contribution is 0.182. The maximum atomic E-state index is 5.98. The molecule has 1 heterocycles. The van der Waals surface area contributed by atoms with Gasteiger partial charge in [-0.05, 0) is 39.0 Å². The number of unbranched alkanes of at least 4 members (excludes halogenated alkanes) is 10. The number of hydrogen-bond acceptors (Lipinski definition) is 3. The Morgan fingerprint density at radius 2 is 1.58 bits per heavy atom. The predicted octanol–water partition coefficient (Wildman–Crippen LogP) is 5.65. The molecule has 0 amide bonds. The molecule has 0 saturated heterocycles. The summed E-state index contributed by atoms with van der Waals surface area (Å²) in [5.74, 6) is 0. The molecule has 2 N–H and O–H groups in total. The van der Waals surface area contributed by atoms with E-state index in [-0.39, 0.29) is 6.17 Å². The minimum absolute atomic E-state index is 0.125. The molecule has 2 unspecified atom stereocenters. The van der Waals surface area contributed by atoms with Crippen LogP contribution in [0.25, 0.3) is 0 Å². The van der Waals surface area contributed by atoms with Gasteiger partial charge in [-0.2, -0.15) is 0 Å². The highest BCUT2D eigenvalue weighted by molar-refractivity contribution is 5.62. The lowest BCUT2D eigenvalue weighted by Crippen LogP contribution is -2.43. The molecule has 0 fully saturated rings. The van der Waals surface area contributed by atoms with Gasteiger partial charge in [0.2, 0.25) is 0 Å². The second kappa shape index (κ2) is 14.7. The Bertz CT molecular complexity index is 336. The van der Waals surface area contributed by atoms with E-state index in [1.165, 1.54) is 83.5 Å². The number of nitrogens with two attached hydrogens (primary N) is 1. The molecular weight excluding hydrogens is 294 g/mol. The van der Waals surface area contributed by atoms with Gasteiger partial charge in [0.25, 0.3) is 0 Å². The molecule has 3 heteroatoms. The van der Waals surface area contributed by atoms with E-state index >= 15 is 0 Å². The average molecular weight is 336 g/mol. The standard InChI is InChI=1S/C21H41N3/c1-3-4-5-6-7-8-9-10-11-12-13-14-15-16-17-21-23-18-19-24(21)20(2)22/h5-6,18,20-21H,3-4,7-17,19,22H2,1-2H3/b6-5+. The third kappa shape index (κ3) is 10.2. The summed E-state index contributed by atoms with van der Waals surface area (Å²) in [7, 11) is 0. The fourth-order valence-electron chi connectivity index (χ4n) is 3.38. The van der Waals surface area contributed by atoms with Crippen LogP contribution in [0.3, 0.4) is 0 Å². The molecule has 0 aliphatic carbocycles. The first kappa shape index (κ1) is 21.4. The summed E-state index contributed by atoms with van der Waals surface area (Å²) in [6.45, 7) is 5.22. The van der Waals surface area contributed by atoms with Crippen molar-refractivity contribution in [2.24, 2.45) is 10.7 Å². The Labute approximate surface area is 150 Å². The minimum atomic E-state index is 0.125. The van der Waals surface area contributed by atoms with Gasteiger partial charge in [0.1, 0.15) is 6.17 Å². The molecule has 0 aromatic heterocycles. The third-order valence-corrected chi connectivity index (χ3v) is 4.93. The molecule has 1 rings (SSSR count). The van der Waals surface area contributed by atoms with Crippen molar-refractivity contribution in [3.05, 3.63) is 12.2 Å². The number of rotatable bonds is 15. The van der Waals surface area contributed by atoms with Crippen molar-refractivity contribution >= 4 is 6.21 Å². The van der Waals surface area contributed by atoms with Crippen molar-refractivity contribution in [2.75, 3.05) is 6.54 Å². The van der Waals surface area contributed by atoms with Gasteiger partial charge >= 0.3 is 0 Å². The van der Waals surface area contributed by atoms with Gasteiger partial charge in [-0.3, -0.25) is 9.89 Å². The molecule has 0 spiro atoms. The fraction of sp³-hybridized carbons (Fsp3) is 0.857. The summed E-state index contributed by atoms with van der Waals surface area (Å²) < 4.78 is 0. The highest BCUT2D eigenvalue weighted by atomic mass is 15.3. The van der Waals surface area contributed by atoms with Crippen LogP contribution in [-0.2, 0) is 0 Å². The lowest BCUT2D eigenvalue weighted by Gasteiger charge is -2.26. The summed E-state index contributed by atoms with van der Waals surface area (Å²) in [6, 6.07) is 0. The summed E-state index contributed by atoms with van der Waals surface area (Å²) >= 11 is 0. The normalized spacial score (nSPS) is 19.5. The van der Waals surface area contributed by atoms with Crippen LogP contribution < -0.4 is 5.73 Å². The Balaban J connectivity index is 1.82. The highest BCUT2D eigenvalue weighted by Crippen LogP contribution is 2.17. The van der Waals surface area contributed by atoms with Crippen molar-refractivity contribution < 1.29 is 0 Å². The molecule has 0 saturated carbocycles. The van der Waals surface area contributed by atoms with Crippen LogP contribution >= 0.6 is 0 Å². The average Bonchev–Trinajstić information content (AvgIpc) is 3.04. The zero-order chi connectivity index (χ0) is 17.5. The van der Waals surface area contributed by atoms with Crippen LogP contribution in [0.4, 0.5) is 0 Å². The Hall–Kier alpha value is -0.670. The molecular formula is C21H41N3. The molecule has 2 atom stereocenters.